The molecule has 0 saturated heterocycles. The Morgan fingerprint density at radius 2 is 2.12 bits per heavy atom. The summed E-state index contributed by atoms with van der Waals surface area (Å²) >= 11 is 0. The van der Waals surface area contributed by atoms with Crippen LogP contribution in [0.15, 0.2) is 55.1 Å². The molecule has 7 nitrogen and oxygen atoms in total. The third-order valence-corrected chi connectivity index (χ3v) is 6.11. The summed E-state index contributed by atoms with van der Waals surface area (Å²) in [4.78, 5) is 17.3. The van der Waals surface area contributed by atoms with Gasteiger partial charge in [0.15, 0.2) is 0 Å². The van der Waals surface area contributed by atoms with Crippen molar-refractivity contribution >= 4 is 16.9 Å². The molecule has 1 aromatic carbocycles. The molecule has 0 spiro atoms. The first-order chi connectivity index (χ1) is 15.5. The standard InChI is InChI=1S/C24H24FN5O2/c1-29-12-17(11-27-29)15-7-8-16(19(25)10-15)13-30-14-18(23-21(30)5-3-9-26-23)24(32)28-20-4-2-6-22(20)31/h3,5,7-12,14,20,22,31H,2,4,6,13H2,1H3,(H,28,32)/t20-,22-/m1/s1. The number of aryl methyl sites for hydroxylation is 1. The molecule has 0 radical (unpaired) electrons. The van der Waals surface area contributed by atoms with Crippen molar-refractivity contribution in [1.29, 1.82) is 0 Å². The molecule has 2 atom stereocenters. The van der Waals surface area contributed by atoms with E-state index in [0.29, 0.717) is 23.1 Å². The third kappa shape index (κ3) is 3.78. The van der Waals surface area contributed by atoms with E-state index in [1.165, 1.54) is 6.07 Å². The van der Waals surface area contributed by atoms with Gasteiger partial charge in [-0.2, -0.15) is 5.10 Å². The molecule has 4 aromatic rings. The van der Waals surface area contributed by atoms with Crippen molar-refractivity contribution in [2.45, 2.75) is 38.0 Å². The SMILES string of the molecule is Cn1cc(-c2ccc(Cn3cc(C(=O)N[C@@H]4CCC[C@H]4O)c4ncccc43)c(F)c2)cn1. The van der Waals surface area contributed by atoms with Crippen molar-refractivity contribution in [3.63, 3.8) is 0 Å². The van der Waals surface area contributed by atoms with Crippen LogP contribution in [0.1, 0.15) is 35.2 Å². The first kappa shape index (κ1) is 20.4. The Kier molecular flexibility index (Phi) is 5.22. The monoisotopic (exact) mass is 433 g/mol. The summed E-state index contributed by atoms with van der Waals surface area (Å²) in [6.45, 7) is 0.265. The number of rotatable bonds is 5. The minimum Gasteiger partial charge on any atom is -0.391 e. The summed E-state index contributed by atoms with van der Waals surface area (Å²) in [5, 5.41) is 17.1. The van der Waals surface area contributed by atoms with Crippen molar-refractivity contribution in [3.8, 4) is 11.1 Å². The lowest BCUT2D eigenvalue weighted by Crippen LogP contribution is -2.39. The van der Waals surface area contributed by atoms with Gasteiger partial charge in [0.05, 0.1) is 36.0 Å². The lowest BCUT2D eigenvalue weighted by atomic mass is 10.1. The lowest BCUT2D eigenvalue weighted by molar-refractivity contribution is 0.0874. The summed E-state index contributed by atoms with van der Waals surface area (Å²) in [6.07, 6.45) is 8.71. The molecular formula is C24H24FN5O2. The third-order valence-electron chi connectivity index (χ3n) is 6.11. The predicted molar refractivity (Wildman–Crippen MR) is 119 cm³/mol. The van der Waals surface area contributed by atoms with Gasteiger partial charge in [0, 0.05) is 36.8 Å². The molecule has 1 aliphatic rings. The quantitative estimate of drug-likeness (QED) is 0.506. The molecule has 32 heavy (non-hydrogen) atoms. The molecular weight excluding hydrogens is 409 g/mol. The number of fused-ring (bicyclic) bond motifs is 1. The fraction of sp³-hybridized carbons (Fsp3) is 0.292. The van der Waals surface area contributed by atoms with E-state index in [0.717, 1.165) is 29.5 Å². The molecule has 3 heterocycles. The van der Waals surface area contributed by atoms with Crippen LogP contribution in [0.2, 0.25) is 0 Å². The summed E-state index contributed by atoms with van der Waals surface area (Å²) in [5.74, 6) is -0.594. The van der Waals surface area contributed by atoms with Crippen LogP contribution in [0, 0.1) is 5.82 Å². The van der Waals surface area contributed by atoms with Crippen LogP contribution >= 0.6 is 0 Å². The van der Waals surface area contributed by atoms with E-state index in [1.807, 2.05) is 29.9 Å². The molecule has 1 amide bonds. The number of pyridine rings is 1. The van der Waals surface area contributed by atoms with Crippen molar-refractivity contribution in [3.05, 3.63) is 72.1 Å². The zero-order valence-corrected chi connectivity index (χ0v) is 17.7. The second kappa shape index (κ2) is 8.20. The summed E-state index contributed by atoms with van der Waals surface area (Å²) in [7, 11) is 1.82. The summed E-state index contributed by atoms with van der Waals surface area (Å²) < 4.78 is 18.5. The summed E-state index contributed by atoms with van der Waals surface area (Å²) in [5.41, 5.74) is 3.85. The first-order valence-corrected chi connectivity index (χ1v) is 10.7. The van der Waals surface area contributed by atoms with E-state index < -0.39 is 6.10 Å². The molecule has 0 unspecified atom stereocenters. The first-order valence-electron chi connectivity index (χ1n) is 10.7. The zero-order valence-electron chi connectivity index (χ0n) is 17.7. The number of carbonyl (C=O) groups excluding carboxylic acids is 1. The highest BCUT2D eigenvalue weighted by Gasteiger charge is 2.28. The average Bonchev–Trinajstić information content (AvgIpc) is 3.49. The van der Waals surface area contributed by atoms with Crippen molar-refractivity contribution in [2.24, 2.45) is 7.05 Å². The van der Waals surface area contributed by atoms with Gasteiger partial charge in [-0.05, 0) is 43.0 Å². The van der Waals surface area contributed by atoms with Gasteiger partial charge in [-0.3, -0.25) is 14.5 Å². The molecule has 1 saturated carbocycles. The number of halogens is 1. The van der Waals surface area contributed by atoms with Crippen LogP contribution in [0.3, 0.4) is 0 Å². The molecule has 1 aliphatic carbocycles. The van der Waals surface area contributed by atoms with Gasteiger partial charge < -0.3 is 15.0 Å². The van der Waals surface area contributed by atoms with Crippen LogP contribution in [0.4, 0.5) is 4.39 Å². The number of nitrogens with zero attached hydrogens (tertiary/aromatic N) is 4. The fourth-order valence-corrected chi connectivity index (χ4v) is 4.38. The molecule has 8 heteroatoms. The normalized spacial score (nSPS) is 18.3. The maximum atomic E-state index is 14.9. The maximum absolute atomic E-state index is 14.9. The number of aliphatic hydroxyl groups is 1. The maximum Gasteiger partial charge on any atom is 0.255 e. The zero-order chi connectivity index (χ0) is 22.2. The van der Waals surface area contributed by atoms with Crippen molar-refractivity contribution in [1.82, 2.24) is 24.6 Å². The Bertz CT molecular complexity index is 1290. The number of carbonyl (C=O) groups is 1. The topological polar surface area (TPSA) is 85.0 Å². The highest BCUT2D eigenvalue weighted by Crippen LogP contribution is 2.25. The van der Waals surface area contributed by atoms with E-state index in [1.54, 1.807) is 35.4 Å². The van der Waals surface area contributed by atoms with Gasteiger partial charge in [0.2, 0.25) is 0 Å². The number of amides is 1. The van der Waals surface area contributed by atoms with Crippen LogP contribution in [-0.4, -0.2) is 42.5 Å². The predicted octanol–water partition coefficient (Wildman–Crippen LogP) is 3.27. The number of hydrogen-bond donors (Lipinski definition) is 2. The van der Waals surface area contributed by atoms with Gasteiger partial charge in [-0.15, -0.1) is 0 Å². The summed E-state index contributed by atoms with van der Waals surface area (Å²) in [6, 6.07) is 8.55. The van der Waals surface area contributed by atoms with Gasteiger partial charge >= 0.3 is 0 Å². The number of nitrogens with one attached hydrogen (secondary N) is 1. The highest BCUT2D eigenvalue weighted by molar-refractivity contribution is 6.05. The van der Waals surface area contributed by atoms with Crippen LogP contribution < -0.4 is 5.32 Å². The molecule has 2 N–H and O–H groups in total. The number of aromatic nitrogens is 4. The Morgan fingerprint density at radius 1 is 1.25 bits per heavy atom. The van der Waals surface area contributed by atoms with E-state index in [4.69, 9.17) is 0 Å². The lowest BCUT2D eigenvalue weighted by Gasteiger charge is -2.15. The van der Waals surface area contributed by atoms with E-state index in [2.05, 4.69) is 15.4 Å². The van der Waals surface area contributed by atoms with E-state index >= 15 is 0 Å². The highest BCUT2D eigenvalue weighted by atomic mass is 19.1. The Hall–Kier alpha value is -3.52. The minimum atomic E-state index is -0.521. The average molecular weight is 433 g/mol. The number of aliphatic hydroxyl groups excluding tert-OH is 1. The molecule has 1 fully saturated rings. The van der Waals surface area contributed by atoms with E-state index in [-0.39, 0.29) is 24.3 Å². The van der Waals surface area contributed by atoms with Gasteiger partial charge in [-0.1, -0.05) is 12.1 Å². The largest absolute Gasteiger partial charge is 0.391 e. The second-order valence-electron chi connectivity index (χ2n) is 8.33. The molecule has 3 aromatic heterocycles. The molecule has 0 aliphatic heterocycles. The van der Waals surface area contributed by atoms with Gasteiger partial charge in [0.25, 0.3) is 5.91 Å². The molecule has 0 bridgehead atoms. The Balaban J connectivity index is 1.44. The second-order valence-corrected chi connectivity index (χ2v) is 8.33. The van der Waals surface area contributed by atoms with Crippen LogP contribution in [0.5, 0.6) is 0 Å². The smallest absolute Gasteiger partial charge is 0.255 e. The van der Waals surface area contributed by atoms with Crippen molar-refractivity contribution < 1.29 is 14.3 Å². The fourth-order valence-electron chi connectivity index (χ4n) is 4.38. The number of hydrogen-bond acceptors (Lipinski definition) is 4. The number of benzene rings is 1. The Labute approximate surface area is 184 Å². The van der Waals surface area contributed by atoms with E-state index in [9.17, 15) is 14.3 Å². The van der Waals surface area contributed by atoms with Crippen LogP contribution in [0.25, 0.3) is 22.2 Å². The van der Waals surface area contributed by atoms with Crippen molar-refractivity contribution in [2.75, 3.05) is 0 Å². The minimum absolute atomic E-state index is 0.248. The molecule has 164 valence electrons. The molecule has 5 rings (SSSR count). The van der Waals surface area contributed by atoms with Gasteiger partial charge in [0.1, 0.15) is 11.3 Å². The van der Waals surface area contributed by atoms with Crippen LogP contribution in [-0.2, 0) is 13.6 Å². The Morgan fingerprint density at radius 3 is 2.84 bits per heavy atom. The van der Waals surface area contributed by atoms with Gasteiger partial charge in [-0.25, -0.2) is 4.39 Å².